The van der Waals surface area contributed by atoms with E-state index in [1.165, 1.54) is 18.2 Å². The number of anilines is 1. The summed E-state index contributed by atoms with van der Waals surface area (Å²) in [4.78, 5) is 35.0. The van der Waals surface area contributed by atoms with E-state index >= 15 is 0 Å². The lowest BCUT2D eigenvalue weighted by atomic mass is 10.1. The first-order valence-electron chi connectivity index (χ1n) is 10.3. The zero-order chi connectivity index (χ0) is 24.6. The van der Waals surface area contributed by atoms with Crippen LogP contribution in [0.2, 0.25) is 0 Å². The maximum atomic E-state index is 13.1. The van der Waals surface area contributed by atoms with Crippen LogP contribution in [0.5, 0.6) is 0 Å². The molecule has 0 radical (unpaired) electrons. The summed E-state index contributed by atoms with van der Waals surface area (Å²) in [6, 6.07) is 15.1. The second-order valence-electron chi connectivity index (χ2n) is 7.79. The Morgan fingerprint density at radius 2 is 1.82 bits per heavy atom. The number of rotatable bonds is 11. The second-order valence-corrected chi connectivity index (χ2v) is 9.69. The van der Waals surface area contributed by atoms with Gasteiger partial charge >= 0.3 is 13.6 Å². The Hall–Kier alpha value is -3.20. The molecule has 0 bridgehead atoms. The van der Waals surface area contributed by atoms with Crippen LogP contribution in [-0.4, -0.2) is 33.6 Å². The summed E-state index contributed by atoms with van der Waals surface area (Å²) in [7, 11) is -4.63. The SMILES string of the molecule is CC(C)C(NC(=O)CCc1ccccc1)P(=O)(O)OC(C(=O)O)c1cccc(NC(=N)N)c1. The topological polar surface area (TPSA) is 175 Å². The highest BCUT2D eigenvalue weighted by atomic mass is 31.2. The fraction of sp³-hybridized carbons (Fsp3) is 0.318. The fourth-order valence-corrected chi connectivity index (χ4v) is 4.87. The highest BCUT2D eigenvalue weighted by Crippen LogP contribution is 2.53. The molecule has 0 aromatic heterocycles. The number of nitrogens with two attached hydrogens (primary N) is 1. The Kier molecular flexibility index (Phi) is 9.16. The first-order chi connectivity index (χ1) is 15.5. The van der Waals surface area contributed by atoms with Gasteiger partial charge in [-0.05, 0) is 35.6 Å². The van der Waals surface area contributed by atoms with Crippen LogP contribution in [-0.2, 0) is 25.1 Å². The molecule has 3 atom stereocenters. The van der Waals surface area contributed by atoms with Crippen molar-refractivity contribution in [1.29, 1.82) is 5.41 Å². The molecule has 0 aliphatic carbocycles. The van der Waals surface area contributed by atoms with Gasteiger partial charge in [0.15, 0.2) is 12.1 Å². The molecule has 178 valence electrons. The van der Waals surface area contributed by atoms with Crippen LogP contribution in [0.15, 0.2) is 54.6 Å². The predicted octanol–water partition coefficient (Wildman–Crippen LogP) is 3.05. The monoisotopic (exact) mass is 476 g/mol. The predicted molar refractivity (Wildman–Crippen MR) is 125 cm³/mol. The van der Waals surface area contributed by atoms with Crippen molar-refractivity contribution in [3.63, 3.8) is 0 Å². The lowest BCUT2D eigenvalue weighted by Gasteiger charge is -2.29. The Morgan fingerprint density at radius 1 is 1.15 bits per heavy atom. The number of hydrogen-bond acceptors (Lipinski definition) is 5. The van der Waals surface area contributed by atoms with Crippen LogP contribution in [0, 0.1) is 11.3 Å². The van der Waals surface area contributed by atoms with Gasteiger partial charge in [0.1, 0.15) is 5.78 Å². The quantitative estimate of drug-likeness (QED) is 0.163. The smallest absolute Gasteiger partial charge is 0.351 e. The van der Waals surface area contributed by atoms with Gasteiger partial charge in [-0.1, -0.05) is 56.3 Å². The Morgan fingerprint density at radius 3 is 2.39 bits per heavy atom. The van der Waals surface area contributed by atoms with Crippen LogP contribution >= 0.6 is 7.60 Å². The zero-order valence-corrected chi connectivity index (χ0v) is 19.3. The molecule has 3 unspecified atom stereocenters. The van der Waals surface area contributed by atoms with E-state index in [2.05, 4.69) is 10.6 Å². The van der Waals surface area contributed by atoms with E-state index in [1.807, 2.05) is 30.3 Å². The van der Waals surface area contributed by atoms with Crippen molar-refractivity contribution in [3.05, 3.63) is 65.7 Å². The van der Waals surface area contributed by atoms with Crippen molar-refractivity contribution < 1.29 is 28.7 Å². The van der Waals surface area contributed by atoms with Gasteiger partial charge in [0.25, 0.3) is 0 Å². The maximum Gasteiger partial charge on any atom is 0.351 e. The lowest BCUT2D eigenvalue weighted by molar-refractivity contribution is -0.145. The molecule has 2 aromatic rings. The normalized spacial score (nSPS) is 14.7. The van der Waals surface area contributed by atoms with Gasteiger partial charge < -0.3 is 26.4 Å². The molecule has 7 N–H and O–H groups in total. The molecule has 33 heavy (non-hydrogen) atoms. The van der Waals surface area contributed by atoms with E-state index < -0.39 is 37.3 Å². The van der Waals surface area contributed by atoms with Gasteiger partial charge in [-0.2, -0.15) is 0 Å². The first kappa shape index (κ1) is 26.1. The third kappa shape index (κ3) is 8.02. The van der Waals surface area contributed by atoms with Crippen molar-refractivity contribution in [2.24, 2.45) is 11.7 Å². The van der Waals surface area contributed by atoms with Gasteiger partial charge in [-0.15, -0.1) is 0 Å². The minimum absolute atomic E-state index is 0.0703. The van der Waals surface area contributed by atoms with E-state index in [4.69, 9.17) is 15.7 Å². The van der Waals surface area contributed by atoms with Crippen LogP contribution in [0.3, 0.4) is 0 Å². The number of carbonyl (C=O) groups excluding carboxylic acids is 1. The highest BCUT2D eigenvalue weighted by molar-refractivity contribution is 7.53. The Bertz CT molecular complexity index is 1030. The number of carbonyl (C=O) groups is 2. The van der Waals surface area contributed by atoms with Gasteiger partial charge in [0.2, 0.25) is 5.91 Å². The minimum atomic E-state index is -4.63. The zero-order valence-electron chi connectivity index (χ0n) is 18.4. The van der Waals surface area contributed by atoms with E-state index in [9.17, 15) is 24.2 Å². The summed E-state index contributed by atoms with van der Waals surface area (Å²) < 4.78 is 18.3. The molecule has 2 aromatic carbocycles. The lowest BCUT2D eigenvalue weighted by Crippen LogP contribution is -2.39. The molecule has 0 saturated heterocycles. The largest absolute Gasteiger partial charge is 0.479 e. The van der Waals surface area contributed by atoms with Crippen molar-refractivity contribution in [3.8, 4) is 0 Å². The number of guanidine groups is 1. The van der Waals surface area contributed by atoms with Crippen LogP contribution < -0.4 is 16.4 Å². The van der Waals surface area contributed by atoms with Crippen molar-refractivity contribution in [2.75, 3.05) is 5.32 Å². The molecule has 0 fully saturated rings. The first-order valence-corrected chi connectivity index (χ1v) is 11.9. The number of benzene rings is 2. The third-order valence-corrected chi connectivity index (χ3v) is 6.67. The average molecular weight is 476 g/mol. The highest BCUT2D eigenvalue weighted by Gasteiger charge is 2.40. The molecule has 2 rings (SSSR count). The Labute approximate surface area is 192 Å². The number of carboxylic acids is 1. The standard InChI is InChI=1S/C22H29N4O6P/c1-14(2)20(26-18(27)12-11-15-7-4-3-5-8-15)33(30,31)32-19(21(28)29)16-9-6-10-17(13-16)25-22(23)24/h3-10,13-14,19-20H,11-12H2,1-2H3,(H,26,27)(H,28,29)(H,30,31)(H4,23,24,25). The Balaban J connectivity index is 2.16. The van der Waals surface area contributed by atoms with Gasteiger partial charge in [0, 0.05) is 12.1 Å². The third-order valence-electron chi connectivity index (χ3n) is 4.72. The fourth-order valence-electron chi connectivity index (χ4n) is 3.16. The molecule has 0 spiro atoms. The summed E-state index contributed by atoms with van der Waals surface area (Å²) in [5.41, 5.74) is 6.63. The van der Waals surface area contributed by atoms with Crippen molar-refractivity contribution in [1.82, 2.24) is 5.32 Å². The maximum absolute atomic E-state index is 13.1. The molecule has 0 aliphatic heterocycles. The average Bonchev–Trinajstić information content (AvgIpc) is 2.74. The number of amides is 1. The summed E-state index contributed by atoms with van der Waals surface area (Å²) in [5, 5.41) is 22.0. The number of carboxylic acid groups (broad SMARTS) is 1. The second kappa shape index (κ2) is 11.6. The van der Waals surface area contributed by atoms with Gasteiger partial charge in [-0.3, -0.25) is 19.3 Å². The van der Waals surface area contributed by atoms with Crippen LogP contribution in [0.4, 0.5) is 5.69 Å². The summed E-state index contributed by atoms with van der Waals surface area (Å²) in [6.45, 7) is 3.25. The van der Waals surface area contributed by atoms with E-state index in [-0.39, 0.29) is 17.9 Å². The molecular formula is C22H29N4O6P. The molecular weight excluding hydrogens is 447 g/mol. The molecule has 0 aliphatic rings. The van der Waals surface area contributed by atoms with Crippen molar-refractivity contribution >= 4 is 31.1 Å². The minimum Gasteiger partial charge on any atom is -0.479 e. The van der Waals surface area contributed by atoms with E-state index in [0.717, 1.165) is 5.56 Å². The number of nitrogens with one attached hydrogen (secondary N) is 3. The number of aliphatic carboxylic acids is 1. The van der Waals surface area contributed by atoms with Crippen LogP contribution in [0.25, 0.3) is 0 Å². The number of hydrogen-bond donors (Lipinski definition) is 6. The molecule has 0 heterocycles. The molecule has 0 saturated carbocycles. The van der Waals surface area contributed by atoms with Crippen molar-refractivity contribution in [2.45, 2.75) is 38.6 Å². The molecule has 11 heteroatoms. The summed E-state index contributed by atoms with van der Waals surface area (Å²) in [5.74, 6) is -4.11. The van der Waals surface area contributed by atoms with Gasteiger partial charge in [0.05, 0.1) is 0 Å². The molecule has 10 nitrogen and oxygen atoms in total. The van der Waals surface area contributed by atoms with Crippen LogP contribution in [0.1, 0.15) is 37.5 Å². The summed E-state index contributed by atoms with van der Waals surface area (Å²) >= 11 is 0. The van der Waals surface area contributed by atoms with E-state index in [0.29, 0.717) is 12.1 Å². The summed E-state index contributed by atoms with van der Waals surface area (Å²) in [6.07, 6.45) is -1.24. The van der Waals surface area contributed by atoms with E-state index in [1.54, 1.807) is 19.9 Å². The number of aryl methyl sites for hydroxylation is 1. The molecule has 1 amide bonds. The van der Waals surface area contributed by atoms with Gasteiger partial charge in [-0.25, -0.2) is 4.79 Å².